The highest BCUT2D eigenvalue weighted by molar-refractivity contribution is 7.80. The summed E-state index contributed by atoms with van der Waals surface area (Å²) >= 11 is 5.62. The summed E-state index contributed by atoms with van der Waals surface area (Å²) in [5, 5.41) is 5.98. The zero-order chi connectivity index (χ0) is 26.7. The second-order valence-corrected chi connectivity index (χ2v) is 11.5. The lowest BCUT2D eigenvalue weighted by Crippen LogP contribution is -2.56. The Kier molecular flexibility index (Phi) is 8.07. The number of nitrogens with zero attached hydrogens (tertiary/aromatic N) is 1. The summed E-state index contributed by atoms with van der Waals surface area (Å²) in [6, 6.07) is 15.9. The van der Waals surface area contributed by atoms with Crippen molar-refractivity contribution >= 4 is 29.4 Å². The van der Waals surface area contributed by atoms with E-state index in [1.165, 1.54) is 22.3 Å². The van der Waals surface area contributed by atoms with Gasteiger partial charge in [-0.2, -0.15) is 0 Å². The van der Waals surface area contributed by atoms with E-state index in [1.54, 1.807) is 0 Å². The van der Waals surface area contributed by atoms with Gasteiger partial charge in [-0.1, -0.05) is 60.7 Å². The average Bonchev–Trinajstić information content (AvgIpc) is 3.16. The number of thiocarbonyl (C=S) groups is 1. The summed E-state index contributed by atoms with van der Waals surface area (Å²) in [7, 11) is 3.86. The van der Waals surface area contributed by atoms with E-state index in [1.807, 2.05) is 64.0 Å². The summed E-state index contributed by atoms with van der Waals surface area (Å²) in [6.45, 7) is 5.71. The van der Waals surface area contributed by atoms with Gasteiger partial charge in [-0.05, 0) is 62.3 Å². The lowest BCUT2D eigenvalue weighted by atomic mass is 9.82. The standard InChI is InChI=1S/C29H37N3O4S/c1-29(2,3)36-28(34)31-25-16-18(26(37)32(4)5)14-15-24(25)30-27(33)35-17-23-21-12-8-6-10-19(21)20-11-7-9-13-22(20)23/h6-13,18,23-25H,14-17H2,1-5H3,(H,30,33)(H,31,34). The van der Waals surface area contributed by atoms with Crippen molar-refractivity contribution in [1.82, 2.24) is 15.5 Å². The summed E-state index contributed by atoms with van der Waals surface area (Å²) in [4.78, 5) is 28.3. The molecule has 2 aromatic carbocycles. The first-order valence-electron chi connectivity index (χ1n) is 12.9. The normalized spacial score (nSPS) is 20.8. The molecule has 0 saturated heterocycles. The number of rotatable bonds is 5. The smallest absolute Gasteiger partial charge is 0.407 e. The van der Waals surface area contributed by atoms with E-state index in [9.17, 15) is 9.59 Å². The Bertz CT molecular complexity index is 1110. The van der Waals surface area contributed by atoms with E-state index in [-0.39, 0.29) is 30.5 Å². The monoisotopic (exact) mass is 523 g/mol. The van der Waals surface area contributed by atoms with Crippen LogP contribution in [0.15, 0.2) is 48.5 Å². The van der Waals surface area contributed by atoms with Crippen LogP contribution < -0.4 is 10.6 Å². The molecule has 37 heavy (non-hydrogen) atoms. The number of alkyl carbamates (subject to hydrolysis) is 2. The van der Waals surface area contributed by atoms with Crippen molar-refractivity contribution in [2.24, 2.45) is 5.92 Å². The fourth-order valence-electron chi connectivity index (χ4n) is 5.34. The molecule has 0 heterocycles. The molecule has 2 aliphatic carbocycles. The first-order chi connectivity index (χ1) is 17.5. The SMILES string of the molecule is CN(C)C(=S)C1CCC(NC(=O)OCC2c3ccccc3-c3ccccc32)C(NC(=O)OC(C)(C)C)C1. The third-order valence-electron chi connectivity index (χ3n) is 6.99. The Balaban J connectivity index is 1.42. The van der Waals surface area contributed by atoms with Crippen molar-refractivity contribution in [1.29, 1.82) is 0 Å². The molecule has 3 unspecified atom stereocenters. The lowest BCUT2D eigenvalue weighted by molar-refractivity contribution is 0.0469. The number of benzene rings is 2. The van der Waals surface area contributed by atoms with Gasteiger partial charge in [0, 0.05) is 25.9 Å². The van der Waals surface area contributed by atoms with Gasteiger partial charge in [0.1, 0.15) is 12.2 Å². The number of hydrogen-bond acceptors (Lipinski definition) is 5. The van der Waals surface area contributed by atoms with Gasteiger partial charge >= 0.3 is 12.2 Å². The highest BCUT2D eigenvalue weighted by Crippen LogP contribution is 2.44. The van der Waals surface area contributed by atoms with E-state index in [0.717, 1.165) is 11.4 Å². The number of amides is 2. The van der Waals surface area contributed by atoms with Crippen LogP contribution in [0.1, 0.15) is 57.1 Å². The quantitative estimate of drug-likeness (QED) is 0.506. The Morgan fingerprint density at radius 1 is 0.919 bits per heavy atom. The lowest BCUT2D eigenvalue weighted by Gasteiger charge is -2.38. The maximum absolute atomic E-state index is 13.0. The van der Waals surface area contributed by atoms with Crippen LogP contribution in [0.2, 0.25) is 0 Å². The molecule has 2 aromatic rings. The maximum atomic E-state index is 13.0. The molecule has 0 radical (unpaired) electrons. The van der Waals surface area contributed by atoms with Gasteiger partial charge in [0.25, 0.3) is 0 Å². The van der Waals surface area contributed by atoms with Crippen molar-refractivity contribution in [3.05, 3.63) is 59.7 Å². The zero-order valence-corrected chi connectivity index (χ0v) is 23.1. The highest BCUT2D eigenvalue weighted by atomic mass is 32.1. The minimum Gasteiger partial charge on any atom is -0.449 e. The largest absolute Gasteiger partial charge is 0.449 e. The Labute approximate surface area is 224 Å². The molecule has 2 aliphatic rings. The molecule has 198 valence electrons. The van der Waals surface area contributed by atoms with Crippen molar-refractivity contribution in [3.8, 4) is 11.1 Å². The predicted molar refractivity (Wildman–Crippen MR) is 149 cm³/mol. The van der Waals surface area contributed by atoms with Crippen molar-refractivity contribution < 1.29 is 19.1 Å². The minimum absolute atomic E-state index is 0.0120. The fourth-order valence-corrected chi connectivity index (χ4v) is 5.56. The van der Waals surface area contributed by atoms with Crippen LogP contribution in [0.25, 0.3) is 11.1 Å². The van der Waals surface area contributed by atoms with Crippen LogP contribution in [-0.4, -0.2) is 60.5 Å². The number of carbonyl (C=O) groups excluding carboxylic acids is 2. The van der Waals surface area contributed by atoms with Gasteiger partial charge in [0.2, 0.25) is 0 Å². The molecular formula is C29H37N3O4S. The summed E-state index contributed by atoms with van der Waals surface area (Å²) in [5.41, 5.74) is 4.08. The van der Waals surface area contributed by atoms with E-state index >= 15 is 0 Å². The molecule has 0 aromatic heterocycles. The topological polar surface area (TPSA) is 79.9 Å². The molecule has 2 N–H and O–H groups in total. The molecule has 8 heteroatoms. The number of carbonyl (C=O) groups is 2. The van der Waals surface area contributed by atoms with E-state index < -0.39 is 17.8 Å². The van der Waals surface area contributed by atoms with Crippen LogP contribution in [-0.2, 0) is 9.47 Å². The van der Waals surface area contributed by atoms with Crippen LogP contribution >= 0.6 is 12.2 Å². The van der Waals surface area contributed by atoms with Gasteiger partial charge in [0.15, 0.2) is 0 Å². The third kappa shape index (κ3) is 6.42. The van der Waals surface area contributed by atoms with E-state index in [0.29, 0.717) is 12.8 Å². The zero-order valence-electron chi connectivity index (χ0n) is 22.2. The summed E-state index contributed by atoms with van der Waals surface area (Å²) in [6.07, 6.45) is 1.11. The van der Waals surface area contributed by atoms with Crippen LogP contribution in [0, 0.1) is 5.92 Å². The highest BCUT2D eigenvalue weighted by Gasteiger charge is 2.36. The minimum atomic E-state index is -0.618. The van der Waals surface area contributed by atoms with Gasteiger partial charge in [-0.15, -0.1) is 0 Å². The second-order valence-electron chi connectivity index (χ2n) is 11.1. The van der Waals surface area contributed by atoms with E-state index in [2.05, 4.69) is 34.9 Å². The first-order valence-corrected chi connectivity index (χ1v) is 13.3. The number of ether oxygens (including phenoxy) is 2. The van der Waals surface area contributed by atoms with Crippen molar-refractivity contribution in [2.45, 2.75) is 63.6 Å². The molecule has 1 fully saturated rings. The summed E-state index contributed by atoms with van der Waals surface area (Å²) in [5.74, 6) is 0.118. The molecule has 3 atom stereocenters. The van der Waals surface area contributed by atoms with Crippen LogP contribution in [0.5, 0.6) is 0 Å². The van der Waals surface area contributed by atoms with Gasteiger partial charge in [-0.3, -0.25) is 0 Å². The van der Waals surface area contributed by atoms with Crippen LogP contribution in [0.3, 0.4) is 0 Å². The number of hydrogen-bond donors (Lipinski definition) is 2. The van der Waals surface area contributed by atoms with Gasteiger partial charge in [-0.25, -0.2) is 9.59 Å². The van der Waals surface area contributed by atoms with Crippen molar-refractivity contribution in [3.63, 3.8) is 0 Å². The van der Waals surface area contributed by atoms with Gasteiger partial charge in [0.05, 0.1) is 17.1 Å². The van der Waals surface area contributed by atoms with E-state index in [4.69, 9.17) is 21.7 Å². The predicted octanol–water partition coefficient (Wildman–Crippen LogP) is 5.48. The molecule has 4 rings (SSSR count). The Morgan fingerprint density at radius 3 is 2.05 bits per heavy atom. The van der Waals surface area contributed by atoms with Crippen molar-refractivity contribution in [2.75, 3.05) is 20.7 Å². The Hall–Kier alpha value is -3.13. The molecular weight excluding hydrogens is 486 g/mol. The molecule has 0 spiro atoms. The maximum Gasteiger partial charge on any atom is 0.407 e. The third-order valence-corrected chi connectivity index (χ3v) is 7.69. The molecule has 0 aliphatic heterocycles. The van der Waals surface area contributed by atoms with Crippen LogP contribution in [0.4, 0.5) is 9.59 Å². The molecule has 1 saturated carbocycles. The van der Waals surface area contributed by atoms with Gasteiger partial charge < -0.3 is 25.0 Å². The first kappa shape index (κ1) is 26.9. The number of nitrogens with one attached hydrogen (secondary N) is 2. The fraction of sp³-hybridized carbons (Fsp3) is 0.483. The molecule has 2 amide bonds. The second kappa shape index (κ2) is 11.1. The summed E-state index contributed by atoms with van der Waals surface area (Å²) < 4.78 is 11.2. The average molecular weight is 524 g/mol. The Morgan fingerprint density at radius 2 is 1.49 bits per heavy atom. The number of fused-ring (bicyclic) bond motifs is 3. The molecule has 0 bridgehead atoms. The molecule has 7 nitrogen and oxygen atoms in total.